The number of halogens is 3. The predicted octanol–water partition coefficient (Wildman–Crippen LogP) is 2.87. The summed E-state index contributed by atoms with van der Waals surface area (Å²) in [5, 5.41) is 2.76. The molecule has 1 atom stereocenters. The van der Waals surface area contributed by atoms with Crippen molar-refractivity contribution in [3.63, 3.8) is 0 Å². The van der Waals surface area contributed by atoms with Crippen LogP contribution in [0.1, 0.15) is 32.4 Å². The molecule has 7 heteroatoms. The van der Waals surface area contributed by atoms with Crippen LogP contribution in [0, 0.1) is 5.41 Å². The van der Waals surface area contributed by atoms with E-state index >= 15 is 0 Å². The summed E-state index contributed by atoms with van der Waals surface area (Å²) in [6, 6.07) is 5.92. The van der Waals surface area contributed by atoms with Crippen molar-refractivity contribution in [2.45, 2.75) is 33.4 Å². The minimum Gasteiger partial charge on any atom is -0.434 e. The SMILES string of the molecule is CC(NC(=O)C(C)(C)CN)c1ccccc1OC(F)F.Cl. The van der Waals surface area contributed by atoms with Crippen LogP contribution in [-0.4, -0.2) is 19.1 Å². The number of amides is 1. The molecule has 1 aromatic carbocycles. The molecule has 0 aliphatic heterocycles. The highest BCUT2D eigenvalue weighted by molar-refractivity contribution is 5.85. The van der Waals surface area contributed by atoms with E-state index in [9.17, 15) is 13.6 Å². The molecule has 120 valence electrons. The maximum Gasteiger partial charge on any atom is 0.387 e. The fourth-order valence-electron chi connectivity index (χ4n) is 1.60. The van der Waals surface area contributed by atoms with E-state index < -0.39 is 18.1 Å². The molecule has 0 aromatic heterocycles. The first kappa shape index (κ1) is 19.6. The Hall–Kier alpha value is -1.40. The Balaban J connectivity index is 0.00000400. The molecule has 0 heterocycles. The standard InChI is InChI=1S/C14H20F2N2O2.ClH/c1-9(18-12(19)14(2,3)8-17)10-6-4-5-7-11(10)20-13(15)16;/h4-7,9,13H,8,17H2,1-3H3,(H,18,19);1H. The zero-order chi connectivity index (χ0) is 15.3. The van der Waals surface area contributed by atoms with Crippen LogP contribution in [0.15, 0.2) is 24.3 Å². The summed E-state index contributed by atoms with van der Waals surface area (Å²) in [5.41, 5.74) is 5.31. The number of hydrogen-bond acceptors (Lipinski definition) is 3. The number of rotatable bonds is 6. The first-order valence-electron chi connectivity index (χ1n) is 6.32. The van der Waals surface area contributed by atoms with Gasteiger partial charge in [-0.2, -0.15) is 8.78 Å². The molecule has 1 unspecified atom stereocenters. The van der Waals surface area contributed by atoms with Crippen molar-refractivity contribution >= 4 is 18.3 Å². The zero-order valence-corrected chi connectivity index (χ0v) is 13.0. The van der Waals surface area contributed by atoms with Gasteiger partial charge in [-0.3, -0.25) is 4.79 Å². The van der Waals surface area contributed by atoms with E-state index in [2.05, 4.69) is 10.1 Å². The molecular formula is C14H21ClF2N2O2. The first-order valence-corrected chi connectivity index (χ1v) is 6.32. The van der Waals surface area contributed by atoms with Crippen LogP contribution in [0.25, 0.3) is 0 Å². The van der Waals surface area contributed by atoms with Gasteiger partial charge in [-0.05, 0) is 26.8 Å². The van der Waals surface area contributed by atoms with Gasteiger partial charge in [0.2, 0.25) is 5.91 Å². The normalized spacial score (nSPS) is 12.5. The van der Waals surface area contributed by atoms with Gasteiger partial charge in [-0.25, -0.2) is 0 Å². The van der Waals surface area contributed by atoms with E-state index in [-0.39, 0.29) is 30.6 Å². The van der Waals surface area contributed by atoms with Gasteiger partial charge in [0.15, 0.2) is 0 Å². The molecule has 1 aromatic rings. The quantitative estimate of drug-likeness (QED) is 0.846. The molecular weight excluding hydrogens is 302 g/mol. The Morgan fingerprint density at radius 1 is 1.38 bits per heavy atom. The van der Waals surface area contributed by atoms with E-state index in [0.29, 0.717) is 5.56 Å². The average Bonchev–Trinajstić information content (AvgIpc) is 2.38. The highest BCUT2D eigenvalue weighted by Crippen LogP contribution is 2.27. The second kappa shape index (κ2) is 8.14. The molecule has 0 saturated heterocycles. The molecule has 3 N–H and O–H groups in total. The second-order valence-electron chi connectivity index (χ2n) is 5.20. The lowest BCUT2D eigenvalue weighted by Crippen LogP contribution is -2.42. The van der Waals surface area contributed by atoms with Crippen molar-refractivity contribution in [1.29, 1.82) is 0 Å². The number of nitrogens with one attached hydrogen (secondary N) is 1. The summed E-state index contributed by atoms with van der Waals surface area (Å²) in [5.74, 6) is -0.180. The topological polar surface area (TPSA) is 64.4 Å². The Labute approximate surface area is 129 Å². The summed E-state index contributed by atoms with van der Waals surface area (Å²) in [6.45, 7) is 2.44. The molecule has 0 saturated carbocycles. The zero-order valence-electron chi connectivity index (χ0n) is 12.2. The van der Waals surface area contributed by atoms with Crippen molar-refractivity contribution in [3.8, 4) is 5.75 Å². The summed E-state index contributed by atoms with van der Waals surface area (Å²) >= 11 is 0. The van der Waals surface area contributed by atoms with E-state index in [1.54, 1.807) is 39.0 Å². The van der Waals surface area contributed by atoms with E-state index in [1.165, 1.54) is 6.07 Å². The van der Waals surface area contributed by atoms with Crippen molar-refractivity contribution < 1.29 is 18.3 Å². The largest absolute Gasteiger partial charge is 0.434 e. The minimum atomic E-state index is -2.90. The Bertz CT molecular complexity index is 470. The molecule has 0 spiro atoms. The van der Waals surface area contributed by atoms with Crippen LogP contribution >= 0.6 is 12.4 Å². The highest BCUT2D eigenvalue weighted by atomic mass is 35.5. The van der Waals surface area contributed by atoms with Gasteiger partial charge >= 0.3 is 6.61 Å². The van der Waals surface area contributed by atoms with E-state index in [0.717, 1.165) is 0 Å². The molecule has 1 amide bonds. The van der Waals surface area contributed by atoms with Gasteiger partial charge in [-0.1, -0.05) is 18.2 Å². The molecule has 0 aliphatic rings. The van der Waals surface area contributed by atoms with Crippen molar-refractivity contribution in [2.75, 3.05) is 6.54 Å². The maximum absolute atomic E-state index is 12.3. The number of hydrogen-bond donors (Lipinski definition) is 2. The fourth-order valence-corrected chi connectivity index (χ4v) is 1.60. The molecule has 0 fully saturated rings. The summed E-state index contributed by atoms with van der Waals surface area (Å²) in [6.07, 6.45) is 0. The number of carbonyl (C=O) groups excluding carboxylic acids is 1. The smallest absolute Gasteiger partial charge is 0.387 e. The number of ether oxygens (including phenoxy) is 1. The number of alkyl halides is 2. The first-order chi connectivity index (χ1) is 9.27. The second-order valence-corrected chi connectivity index (χ2v) is 5.20. The number of para-hydroxylation sites is 1. The lowest BCUT2D eigenvalue weighted by atomic mass is 9.92. The van der Waals surface area contributed by atoms with Crippen LogP contribution in [0.4, 0.5) is 8.78 Å². The van der Waals surface area contributed by atoms with Crippen LogP contribution in [0.5, 0.6) is 5.75 Å². The maximum atomic E-state index is 12.3. The van der Waals surface area contributed by atoms with Crippen LogP contribution in [0.3, 0.4) is 0 Å². The van der Waals surface area contributed by atoms with Gasteiger partial charge in [0, 0.05) is 12.1 Å². The highest BCUT2D eigenvalue weighted by Gasteiger charge is 2.27. The third-order valence-corrected chi connectivity index (χ3v) is 3.07. The van der Waals surface area contributed by atoms with Crippen LogP contribution in [0.2, 0.25) is 0 Å². The van der Waals surface area contributed by atoms with Crippen molar-refractivity contribution in [1.82, 2.24) is 5.32 Å². The van der Waals surface area contributed by atoms with E-state index in [4.69, 9.17) is 5.73 Å². The number of carbonyl (C=O) groups is 1. The van der Waals surface area contributed by atoms with Gasteiger partial charge in [0.25, 0.3) is 0 Å². The van der Waals surface area contributed by atoms with E-state index in [1.807, 2.05) is 0 Å². The molecule has 0 radical (unpaired) electrons. The molecule has 0 bridgehead atoms. The third kappa shape index (κ3) is 5.47. The molecule has 0 aliphatic carbocycles. The predicted molar refractivity (Wildman–Crippen MR) is 79.7 cm³/mol. The summed E-state index contributed by atoms with van der Waals surface area (Å²) < 4.78 is 29.1. The Morgan fingerprint density at radius 3 is 2.48 bits per heavy atom. The third-order valence-electron chi connectivity index (χ3n) is 3.07. The van der Waals surface area contributed by atoms with Gasteiger partial charge in [0.1, 0.15) is 5.75 Å². The molecule has 21 heavy (non-hydrogen) atoms. The van der Waals surface area contributed by atoms with Crippen LogP contribution < -0.4 is 15.8 Å². The molecule has 1 rings (SSSR count). The van der Waals surface area contributed by atoms with Crippen molar-refractivity contribution in [2.24, 2.45) is 11.1 Å². The Morgan fingerprint density at radius 2 is 1.95 bits per heavy atom. The molecule has 4 nitrogen and oxygen atoms in total. The Kier molecular flexibility index (Phi) is 7.60. The number of nitrogens with two attached hydrogens (primary N) is 1. The minimum absolute atomic E-state index is 0. The van der Waals surface area contributed by atoms with Crippen molar-refractivity contribution in [3.05, 3.63) is 29.8 Å². The van der Waals surface area contributed by atoms with Gasteiger partial charge in [0.05, 0.1) is 11.5 Å². The summed E-state index contributed by atoms with van der Waals surface area (Å²) in [4.78, 5) is 12.0. The summed E-state index contributed by atoms with van der Waals surface area (Å²) in [7, 11) is 0. The van der Waals surface area contributed by atoms with Gasteiger partial charge in [-0.15, -0.1) is 12.4 Å². The fraction of sp³-hybridized carbons (Fsp3) is 0.500. The van der Waals surface area contributed by atoms with Crippen LogP contribution in [-0.2, 0) is 4.79 Å². The van der Waals surface area contributed by atoms with Gasteiger partial charge < -0.3 is 15.8 Å². The lowest BCUT2D eigenvalue weighted by Gasteiger charge is -2.25. The lowest BCUT2D eigenvalue weighted by molar-refractivity contribution is -0.129. The average molecular weight is 323 g/mol. The number of benzene rings is 1. The monoisotopic (exact) mass is 322 g/mol.